The van der Waals surface area contributed by atoms with Gasteiger partial charge >= 0.3 is 0 Å². The van der Waals surface area contributed by atoms with E-state index < -0.39 is 6.17 Å². The van der Waals surface area contributed by atoms with E-state index in [-0.39, 0.29) is 0 Å². The molecule has 10 aromatic carbocycles. The maximum atomic E-state index is 5.40. The van der Waals surface area contributed by atoms with Gasteiger partial charge in [-0.2, -0.15) is 0 Å². The second kappa shape index (κ2) is 16.4. The summed E-state index contributed by atoms with van der Waals surface area (Å²) in [6.45, 7) is 0. The van der Waals surface area contributed by atoms with Crippen LogP contribution in [-0.2, 0) is 0 Å². The summed E-state index contributed by atoms with van der Waals surface area (Å²) in [6.07, 6.45) is -0.446. The minimum absolute atomic E-state index is 0.446. The molecule has 0 fully saturated rings. The number of amidine groups is 2. The van der Waals surface area contributed by atoms with Gasteiger partial charge in [0.1, 0.15) is 12.0 Å². The Bertz CT molecular complexity index is 3820. The van der Waals surface area contributed by atoms with Crippen LogP contribution in [0.2, 0.25) is 0 Å². The predicted molar refractivity (Wildman–Crippen MR) is 283 cm³/mol. The molecule has 5 heteroatoms. The maximum Gasteiger partial charge on any atom is 0.159 e. The highest BCUT2D eigenvalue weighted by Crippen LogP contribution is 2.41. The average Bonchev–Trinajstić information content (AvgIpc) is 3.93. The number of nitrogens with zero attached hydrogens (tertiary/aromatic N) is 4. The first kappa shape index (κ1) is 39.3. The SMILES string of the molecule is c1ccc(C2=NC(c3ccccc3-n3c4ccccc4c4ccc(-n5c6cc(-c7ccccc7)ccc6c6ccc(-c7ccccc7)cc65)cc43)NC(c3cccc(-c4ccccc4)c3)=N2)cc1. The van der Waals surface area contributed by atoms with E-state index in [1.807, 2.05) is 18.2 Å². The van der Waals surface area contributed by atoms with Gasteiger partial charge in [-0.1, -0.05) is 206 Å². The molecule has 0 spiro atoms. The van der Waals surface area contributed by atoms with Gasteiger partial charge in [0.2, 0.25) is 0 Å². The molecule has 320 valence electrons. The van der Waals surface area contributed by atoms with E-state index in [0.29, 0.717) is 5.84 Å². The van der Waals surface area contributed by atoms with Gasteiger partial charge in [-0.3, -0.25) is 0 Å². The van der Waals surface area contributed by atoms with Crippen LogP contribution in [0.25, 0.3) is 88.4 Å². The molecule has 3 heterocycles. The average molecular weight is 870 g/mol. The van der Waals surface area contributed by atoms with Crippen molar-refractivity contribution < 1.29 is 0 Å². The lowest BCUT2D eigenvalue weighted by molar-refractivity contribution is 0.670. The molecule has 5 nitrogen and oxygen atoms in total. The minimum atomic E-state index is -0.446. The first-order chi connectivity index (χ1) is 33.7. The molecule has 1 aliphatic heterocycles. The van der Waals surface area contributed by atoms with Crippen LogP contribution in [0.4, 0.5) is 0 Å². The van der Waals surface area contributed by atoms with E-state index in [0.717, 1.165) is 67.1 Å². The van der Waals surface area contributed by atoms with Gasteiger partial charge in [-0.15, -0.1) is 0 Å². The molecule has 0 saturated carbocycles. The van der Waals surface area contributed by atoms with Gasteiger partial charge in [-0.05, 0) is 75.8 Å². The Balaban J connectivity index is 1.01. The van der Waals surface area contributed by atoms with Crippen LogP contribution < -0.4 is 5.32 Å². The second-order valence-electron chi connectivity index (χ2n) is 17.4. The van der Waals surface area contributed by atoms with Crippen LogP contribution in [0.3, 0.4) is 0 Å². The molecule has 0 bridgehead atoms. The molecular weight excluding hydrogens is 827 g/mol. The highest BCUT2D eigenvalue weighted by Gasteiger charge is 2.26. The van der Waals surface area contributed by atoms with Crippen molar-refractivity contribution in [2.45, 2.75) is 6.17 Å². The van der Waals surface area contributed by atoms with Gasteiger partial charge < -0.3 is 14.5 Å². The lowest BCUT2D eigenvalue weighted by atomic mass is 10.0. The number of aromatic nitrogens is 2. The molecule has 1 unspecified atom stereocenters. The molecule has 68 heavy (non-hydrogen) atoms. The third-order valence-electron chi connectivity index (χ3n) is 13.4. The summed E-state index contributed by atoms with van der Waals surface area (Å²) in [5, 5.41) is 8.62. The Hall–Kier alpha value is -9.06. The Morgan fingerprint density at radius 3 is 1.43 bits per heavy atom. The number of hydrogen-bond acceptors (Lipinski definition) is 3. The number of benzene rings is 10. The molecule has 0 aliphatic carbocycles. The van der Waals surface area contributed by atoms with Crippen molar-refractivity contribution in [3.05, 3.63) is 265 Å². The molecule has 2 aromatic heterocycles. The fourth-order valence-corrected chi connectivity index (χ4v) is 10.1. The van der Waals surface area contributed by atoms with Gasteiger partial charge in [0.05, 0.1) is 27.8 Å². The van der Waals surface area contributed by atoms with E-state index in [1.54, 1.807) is 0 Å². The summed E-state index contributed by atoms with van der Waals surface area (Å²) in [5.74, 6) is 1.46. The molecule has 1 atom stereocenters. The van der Waals surface area contributed by atoms with Gasteiger partial charge in [0, 0.05) is 43.9 Å². The van der Waals surface area contributed by atoms with Crippen LogP contribution in [0.1, 0.15) is 22.9 Å². The first-order valence-electron chi connectivity index (χ1n) is 23.2. The van der Waals surface area contributed by atoms with Crippen molar-refractivity contribution in [1.29, 1.82) is 0 Å². The zero-order valence-corrected chi connectivity index (χ0v) is 37.0. The van der Waals surface area contributed by atoms with Gasteiger partial charge in [-0.25, -0.2) is 9.98 Å². The number of nitrogens with one attached hydrogen (secondary N) is 1. The van der Waals surface area contributed by atoms with E-state index in [4.69, 9.17) is 9.98 Å². The van der Waals surface area contributed by atoms with Gasteiger partial charge in [0.15, 0.2) is 5.84 Å². The third-order valence-corrected chi connectivity index (χ3v) is 13.4. The summed E-state index contributed by atoms with van der Waals surface area (Å²) in [7, 11) is 0. The number of rotatable bonds is 8. The molecule has 0 saturated heterocycles. The maximum absolute atomic E-state index is 5.40. The summed E-state index contributed by atoms with van der Waals surface area (Å²) >= 11 is 0. The normalized spacial score (nSPS) is 13.7. The van der Waals surface area contributed by atoms with Crippen molar-refractivity contribution in [3.63, 3.8) is 0 Å². The molecular formula is C63H43N5. The lowest BCUT2D eigenvalue weighted by Gasteiger charge is -2.26. The van der Waals surface area contributed by atoms with Gasteiger partial charge in [0.25, 0.3) is 0 Å². The molecule has 13 rings (SSSR count). The van der Waals surface area contributed by atoms with Crippen LogP contribution in [0, 0.1) is 0 Å². The molecule has 0 amide bonds. The number of para-hydroxylation sites is 2. The second-order valence-corrected chi connectivity index (χ2v) is 17.4. The summed E-state index contributed by atoms with van der Waals surface area (Å²) in [6, 6.07) is 89.0. The van der Waals surface area contributed by atoms with E-state index in [1.165, 1.54) is 43.8 Å². The number of hydrogen-bond donors (Lipinski definition) is 1. The highest BCUT2D eigenvalue weighted by molar-refractivity contribution is 6.15. The minimum Gasteiger partial charge on any atom is -0.344 e. The van der Waals surface area contributed by atoms with Crippen LogP contribution in [0.5, 0.6) is 0 Å². The molecule has 1 N–H and O–H groups in total. The number of aliphatic imine (C=N–C) groups is 2. The summed E-state index contributed by atoms with van der Waals surface area (Å²) < 4.78 is 4.89. The zero-order valence-electron chi connectivity index (χ0n) is 37.0. The first-order valence-corrected chi connectivity index (χ1v) is 23.2. The Kier molecular flexibility index (Phi) is 9.50. The van der Waals surface area contributed by atoms with Crippen molar-refractivity contribution in [3.8, 4) is 44.8 Å². The largest absolute Gasteiger partial charge is 0.344 e. The monoisotopic (exact) mass is 869 g/mol. The predicted octanol–water partition coefficient (Wildman–Crippen LogP) is 15.4. The van der Waals surface area contributed by atoms with E-state index in [9.17, 15) is 0 Å². The van der Waals surface area contributed by atoms with Crippen LogP contribution >= 0.6 is 0 Å². The summed E-state index contributed by atoms with van der Waals surface area (Å²) in [4.78, 5) is 10.6. The van der Waals surface area contributed by atoms with Crippen molar-refractivity contribution in [2.24, 2.45) is 9.98 Å². The van der Waals surface area contributed by atoms with Crippen molar-refractivity contribution in [1.82, 2.24) is 14.5 Å². The standard InChI is InChI=1S/C63H43N5/c1-5-18-42(19-6-1)46-26-17-27-49(38-46)62-64-61(45-24-11-4-12-25-45)65-63(66-62)55-29-14-16-31-57(55)68-56-30-15-13-28-51(56)54-37-34-50(41-60(54)68)67-58-39-47(43-20-7-2-8-21-43)32-35-52(58)53-36-33-48(40-59(53)67)44-22-9-3-10-23-44/h1-41,63H,(H,64,65,66). The Labute approximate surface area is 394 Å². The molecule has 0 radical (unpaired) electrons. The summed E-state index contributed by atoms with van der Waals surface area (Å²) in [5.41, 5.74) is 16.7. The van der Waals surface area contributed by atoms with Crippen molar-refractivity contribution >= 4 is 55.3 Å². The van der Waals surface area contributed by atoms with E-state index in [2.05, 4.69) is 245 Å². The third kappa shape index (κ3) is 6.79. The van der Waals surface area contributed by atoms with Crippen LogP contribution in [0.15, 0.2) is 259 Å². The molecule has 1 aliphatic rings. The topological polar surface area (TPSA) is 46.6 Å². The van der Waals surface area contributed by atoms with E-state index >= 15 is 0 Å². The Morgan fingerprint density at radius 2 is 0.794 bits per heavy atom. The smallest absolute Gasteiger partial charge is 0.159 e. The zero-order chi connectivity index (χ0) is 45.0. The fourth-order valence-electron chi connectivity index (χ4n) is 10.1. The number of fused-ring (bicyclic) bond motifs is 6. The van der Waals surface area contributed by atoms with Crippen molar-refractivity contribution in [2.75, 3.05) is 0 Å². The highest BCUT2D eigenvalue weighted by atomic mass is 15.2. The van der Waals surface area contributed by atoms with Crippen LogP contribution in [-0.4, -0.2) is 20.8 Å². The molecule has 12 aromatic rings. The Morgan fingerprint density at radius 1 is 0.324 bits per heavy atom. The fraction of sp³-hybridized carbons (Fsp3) is 0.0159. The quantitative estimate of drug-likeness (QED) is 0.162. The lowest BCUT2D eigenvalue weighted by Crippen LogP contribution is -2.34.